The number of likely N-dealkylation sites (tertiary alicyclic amines) is 1. The lowest BCUT2D eigenvalue weighted by molar-refractivity contribution is 0.154. The fraction of sp³-hybridized carbons (Fsp3) is 0.458. The van der Waals surface area contributed by atoms with E-state index in [-0.39, 0.29) is 23.7 Å². The SMILES string of the molecule is CN1CCN(CCN2CCC(C(Nc3ccc(F)cc3)c3ccc(F)cc3)CC2)C1=O. The first-order chi connectivity index (χ1) is 15.0. The largest absolute Gasteiger partial charge is 0.378 e. The second kappa shape index (κ2) is 9.64. The normalized spacial score (nSPS) is 19.1. The van der Waals surface area contributed by atoms with E-state index >= 15 is 0 Å². The quantitative estimate of drug-likeness (QED) is 0.719. The molecule has 0 aromatic heterocycles. The summed E-state index contributed by atoms with van der Waals surface area (Å²) in [6.07, 6.45) is 2.01. The zero-order valence-corrected chi connectivity index (χ0v) is 17.9. The Morgan fingerprint density at radius 1 is 0.903 bits per heavy atom. The Hall–Kier alpha value is -2.67. The molecule has 7 heteroatoms. The van der Waals surface area contributed by atoms with Gasteiger partial charge in [-0.25, -0.2) is 13.6 Å². The molecule has 31 heavy (non-hydrogen) atoms. The van der Waals surface area contributed by atoms with Crippen LogP contribution in [0.1, 0.15) is 24.4 Å². The van der Waals surface area contributed by atoms with Crippen LogP contribution in [-0.2, 0) is 0 Å². The molecule has 1 N–H and O–H groups in total. The highest BCUT2D eigenvalue weighted by atomic mass is 19.1. The minimum atomic E-state index is -0.264. The van der Waals surface area contributed by atoms with Gasteiger partial charge in [-0.3, -0.25) is 0 Å². The van der Waals surface area contributed by atoms with Crippen molar-refractivity contribution in [3.8, 4) is 0 Å². The minimum Gasteiger partial charge on any atom is -0.378 e. The molecule has 4 rings (SSSR count). The molecule has 2 fully saturated rings. The Balaban J connectivity index is 1.37. The van der Waals surface area contributed by atoms with Gasteiger partial charge < -0.3 is 20.0 Å². The number of nitrogens with zero attached hydrogens (tertiary/aromatic N) is 3. The Morgan fingerprint density at radius 3 is 2.10 bits per heavy atom. The van der Waals surface area contributed by atoms with Crippen molar-refractivity contribution in [2.24, 2.45) is 5.92 Å². The van der Waals surface area contributed by atoms with Gasteiger partial charge >= 0.3 is 6.03 Å². The smallest absolute Gasteiger partial charge is 0.319 e. The van der Waals surface area contributed by atoms with Gasteiger partial charge in [0.1, 0.15) is 11.6 Å². The standard InChI is InChI=1S/C24H30F2N4O/c1-28-14-16-30(24(28)31)17-15-29-12-10-19(11-13-29)23(18-2-4-20(25)5-3-18)27-22-8-6-21(26)7-9-22/h2-9,19,23,27H,10-17H2,1H3. The van der Waals surface area contributed by atoms with E-state index in [1.54, 1.807) is 17.0 Å². The summed E-state index contributed by atoms with van der Waals surface area (Å²) in [5.41, 5.74) is 1.89. The molecular weight excluding hydrogens is 398 g/mol. The molecule has 5 nitrogen and oxygen atoms in total. The average Bonchev–Trinajstić information content (AvgIpc) is 3.11. The number of piperidine rings is 1. The van der Waals surface area contributed by atoms with Crippen molar-refractivity contribution >= 4 is 11.7 Å². The highest BCUT2D eigenvalue weighted by Crippen LogP contribution is 2.34. The molecular formula is C24H30F2N4O. The number of carbonyl (C=O) groups is 1. The monoisotopic (exact) mass is 428 g/mol. The Morgan fingerprint density at radius 2 is 1.52 bits per heavy atom. The third-order valence-electron chi connectivity index (χ3n) is 6.49. The zero-order valence-electron chi connectivity index (χ0n) is 17.9. The number of likely N-dealkylation sites (N-methyl/N-ethyl adjacent to an activating group) is 1. The van der Waals surface area contributed by atoms with Gasteiger partial charge in [0.2, 0.25) is 0 Å². The lowest BCUT2D eigenvalue weighted by Gasteiger charge is -2.37. The minimum absolute atomic E-state index is 0.0296. The molecule has 0 radical (unpaired) electrons. The molecule has 2 aromatic rings. The van der Waals surface area contributed by atoms with Crippen molar-refractivity contribution in [2.45, 2.75) is 18.9 Å². The van der Waals surface area contributed by atoms with Gasteiger partial charge in [0, 0.05) is 38.9 Å². The molecule has 0 spiro atoms. The third kappa shape index (κ3) is 5.34. The van der Waals surface area contributed by atoms with Crippen LogP contribution in [-0.4, -0.2) is 67.0 Å². The van der Waals surface area contributed by atoms with Crippen LogP contribution in [0, 0.1) is 17.6 Å². The number of amides is 2. The summed E-state index contributed by atoms with van der Waals surface area (Å²) >= 11 is 0. The summed E-state index contributed by atoms with van der Waals surface area (Å²) < 4.78 is 26.8. The number of rotatable bonds is 7. The molecule has 2 aromatic carbocycles. The molecule has 2 saturated heterocycles. The molecule has 0 saturated carbocycles. The van der Waals surface area contributed by atoms with Gasteiger partial charge in [-0.2, -0.15) is 0 Å². The van der Waals surface area contributed by atoms with Crippen LogP contribution < -0.4 is 5.32 Å². The maximum absolute atomic E-state index is 13.5. The van der Waals surface area contributed by atoms with Crippen molar-refractivity contribution in [1.29, 1.82) is 0 Å². The maximum atomic E-state index is 13.5. The van der Waals surface area contributed by atoms with Gasteiger partial charge in [-0.1, -0.05) is 12.1 Å². The summed E-state index contributed by atoms with van der Waals surface area (Å²) in [5, 5.41) is 3.55. The molecule has 166 valence electrons. The van der Waals surface area contributed by atoms with Gasteiger partial charge in [-0.15, -0.1) is 0 Å². The second-order valence-electron chi connectivity index (χ2n) is 8.55. The number of anilines is 1. The van der Waals surface area contributed by atoms with Crippen LogP contribution in [0.25, 0.3) is 0 Å². The summed E-state index contributed by atoms with van der Waals surface area (Å²) in [5.74, 6) is -0.132. The topological polar surface area (TPSA) is 38.8 Å². The first-order valence-corrected chi connectivity index (χ1v) is 11.0. The average molecular weight is 429 g/mol. The fourth-order valence-electron chi connectivity index (χ4n) is 4.55. The lowest BCUT2D eigenvalue weighted by atomic mass is 9.85. The van der Waals surface area contributed by atoms with Crippen LogP contribution in [0.3, 0.4) is 0 Å². The second-order valence-corrected chi connectivity index (χ2v) is 8.55. The van der Waals surface area contributed by atoms with E-state index in [9.17, 15) is 13.6 Å². The number of nitrogens with one attached hydrogen (secondary N) is 1. The van der Waals surface area contributed by atoms with E-state index in [1.165, 1.54) is 24.3 Å². The Bertz CT molecular complexity index is 866. The molecule has 2 amide bonds. The van der Waals surface area contributed by atoms with Crippen molar-refractivity contribution in [3.63, 3.8) is 0 Å². The first kappa shape index (κ1) is 21.6. The van der Waals surface area contributed by atoms with Gasteiger partial charge in [0.05, 0.1) is 6.04 Å². The number of carbonyl (C=O) groups excluding carboxylic acids is 1. The molecule has 1 unspecified atom stereocenters. The summed E-state index contributed by atoms with van der Waals surface area (Å²) in [4.78, 5) is 18.2. The van der Waals surface area contributed by atoms with E-state index in [2.05, 4.69) is 10.2 Å². The van der Waals surface area contributed by atoms with E-state index in [0.717, 1.165) is 63.4 Å². The van der Waals surface area contributed by atoms with Crippen LogP contribution in [0.4, 0.5) is 19.3 Å². The third-order valence-corrected chi connectivity index (χ3v) is 6.49. The Labute approximate surface area is 182 Å². The number of benzene rings is 2. The van der Waals surface area contributed by atoms with Crippen LogP contribution in [0.5, 0.6) is 0 Å². The highest BCUT2D eigenvalue weighted by Gasteiger charge is 2.29. The molecule has 2 heterocycles. The van der Waals surface area contributed by atoms with Gasteiger partial charge in [-0.05, 0) is 73.8 Å². The molecule has 1 atom stereocenters. The molecule has 0 bridgehead atoms. The van der Waals surface area contributed by atoms with E-state index < -0.39 is 0 Å². The van der Waals surface area contributed by atoms with Crippen LogP contribution >= 0.6 is 0 Å². The van der Waals surface area contributed by atoms with Gasteiger partial charge in [0.25, 0.3) is 0 Å². The van der Waals surface area contributed by atoms with Gasteiger partial charge in [0.15, 0.2) is 0 Å². The number of hydrogen-bond acceptors (Lipinski definition) is 3. The fourth-order valence-corrected chi connectivity index (χ4v) is 4.55. The van der Waals surface area contributed by atoms with Crippen LogP contribution in [0.15, 0.2) is 48.5 Å². The summed E-state index contributed by atoms with van der Waals surface area (Å²) in [6, 6.07) is 13.2. The van der Waals surface area contributed by atoms with Crippen molar-refractivity contribution in [1.82, 2.24) is 14.7 Å². The zero-order chi connectivity index (χ0) is 21.8. The summed E-state index contributed by atoms with van der Waals surface area (Å²) in [6.45, 7) is 5.19. The van der Waals surface area contributed by atoms with E-state index in [1.807, 2.05) is 24.1 Å². The number of hydrogen-bond donors (Lipinski definition) is 1. The highest BCUT2D eigenvalue weighted by molar-refractivity contribution is 5.76. The number of halogens is 2. The van der Waals surface area contributed by atoms with Crippen molar-refractivity contribution < 1.29 is 13.6 Å². The van der Waals surface area contributed by atoms with E-state index in [4.69, 9.17) is 0 Å². The first-order valence-electron chi connectivity index (χ1n) is 11.0. The van der Waals surface area contributed by atoms with Crippen molar-refractivity contribution in [3.05, 3.63) is 65.7 Å². The molecule has 2 aliphatic heterocycles. The predicted molar refractivity (Wildman–Crippen MR) is 118 cm³/mol. The predicted octanol–water partition coefficient (Wildman–Crippen LogP) is 4.20. The van der Waals surface area contributed by atoms with Crippen molar-refractivity contribution in [2.75, 3.05) is 51.6 Å². The molecule has 0 aliphatic carbocycles. The molecule has 2 aliphatic rings. The van der Waals surface area contributed by atoms with E-state index in [0.29, 0.717) is 5.92 Å². The summed E-state index contributed by atoms with van der Waals surface area (Å²) in [7, 11) is 1.84. The Kier molecular flexibility index (Phi) is 6.70. The van der Waals surface area contributed by atoms with Crippen LogP contribution in [0.2, 0.25) is 0 Å². The maximum Gasteiger partial charge on any atom is 0.319 e. The lowest BCUT2D eigenvalue weighted by Crippen LogP contribution is -2.42. The number of urea groups is 1.